The highest BCUT2D eigenvalue weighted by atomic mass is 32.2. The van der Waals surface area contributed by atoms with Crippen molar-refractivity contribution in [1.82, 2.24) is 9.80 Å². The molecule has 1 aliphatic heterocycles. The molecule has 6 heteroatoms. The quantitative estimate of drug-likeness (QED) is 0.260. The summed E-state index contributed by atoms with van der Waals surface area (Å²) in [4.78, 5) is 29.7. The Kier molecular flexibility index (Phi) is 8.85. The first-order valence-corrected chi connectivity index (χ1v) is 13.4. The summed E-state index contributed by atoms with van der Waals surface area (Å²) in [5.41, 5.74) is 3.46. The summed E-state index contributed by atoms with van der Waals surface area (Å²) in [5.74, 6) is 0.0217. The molecule has 0 N–H and O–H groups in total. The molecule has 0 aromatic heterocycles. The lowest BCUT2D eigenvalue weighted by molar-refractivity contribution is -0.123. The summed E-state index contributed by atoms with van der Waals surface area (Å²) in [5, 5.41) is 0.00742. The molecule has 5 nitrogen and oxygen atoms in total. The number of amides is 1. The lowest BCUT2D eigenvalue weighted by Gasteiger charge is -2.37. The van der Waals surface area contributed by atoms with Crippen LogP contribution in [0.5, 0.6) is 0 Å². The lowest BCUT2D eigenvalue weighted by atomic mass is 9.84. The van der Waals surface area contributed by atoms with Crippen molar-refractivity contribution in [1.29, 1.82) is 0 Å². The van der Waals surface area contributed by atoms with Crippen molar-refractivity contribution in [2.24, 2.45) is 0 Å². The number of likely N-dealkylation sites (N-methyl/N-ethyl adjacent to an activating group) is 1. The Balaban J connectivity index is 1.77. The van der Waals surface area contributed by atoms with E-state index in [4.69, 9.17) is 4.74 Å². The predicted octanol–water partition coefficient (Wildman–Crippen LogP) is 5.61. The van der Waals surface area contributed by atoms with Crippen LogP contribution in [0.4, 0.5) is 4.79 Å². The number of hydrogen-bond donors (Lipinski definition) is 0. The SMILES string of the molecule is C=CCOC(=O)N1C[C@@H](SC(c2ccccc2)(c2ccccc2)c2ccccc2)C[C@H]1C(=O)CN(C)C. The number of Topliss-reactive ketones (excluding diaryl/α,β-unsaturated/α-hetero) is 1. The molecular formula is C31H34N2O3S. The Morgan fingerprint density at radius 1 is 0.946 bits per heavy atom. The summed E-state index contributed by atoms with van der Waals surface area (Å²) >= 11 is 1.81. The number of ether oxygens (including phenoxy) is 1. The second-order valence-corrected chi connectivity index (χ2v) is 11.0. The zero-order valence-electron chi connectivity index (χ0n) is 21.5. The lowest BCUT2D eigenvalue weighted by Crippen LogP contribution is -2.44. The van der Waals surface area contributed by atoms with Gasteiger partial charge in [0.2, 0.25) is 0 Å². The second-order valence-electron chi connectivity index (χ2n) is 9.49. The van der Waals surface area contributed by atoms with Crippen molar-refractivity contribution >= 4 is 23.6 Å². The standard InChI is InChI=1S/C31H34N2O3S/c1-4-20-36-30(35)33-22-27(21-28(33)29(34)23-32(2)3)37-31(24-14-8-5-9-15-24,25-16-10-6-11-17-25)26-18-12-7-13-19-26/h4-19,27-28H,1,20-23H2,2-3H3/t27-,28-/m0/s1. The molecule has 1 amide bonds. The van der Waals surface area contributed by atoms with Crippen LogP contribution >= 0.6 is 11.8 Å². The highest BCUT2D eigenvalue weighted by Crippen LogP contribution is 2.52. The van der Waals surface area contributed by atoms with Crippen LogP contribution in [0.1, 0.15) is 23.1 Å². The van der Waals surface area contributed by atoms with E-state index in [1.807, 2.05) is 49.0 Å². The Hall–Kier alpha value is -3.35. The molecule has 3 aromatic carbocycles. The Labute approximate surface area is 224 Å². The van der Waals surface area contributed by atoms with Crippen molar-refractivity contribution in [3.63, 3.8) is 0 Å². The average Bonchev–Trinajstić information content (AvgIpc) is 3.35. The Morgan fingerprint density at radius 2 is 1.43 bits per heavy atom. The average molecular weight is 515 g/mol. The fourth-order valence-electron chi connectivity index (χ4n) is 4.99. The van der Waals surface area contributed by atoms with Crippen LogP contribution in [0.15, 0.2) is 104 Å². The molecular weight excluding hydrogens is 480 g/mol. The van der Waals surface area contributed by atoms with Crippen molar-refractivity contribution < 1.29 is 14.3 Å². The molecule has 1 saturated heterocycles. The first-order valence-electron chi connectivity index (χ1n) is 12.5. The third kappa shape index (κ3) is 5.97. The number of nitrogens with zero attached hydrogens (tertiary/aromatic N) is 2. The number of hydrogen-bond acceptors (Lipinski definition) is 5. The number of ketones is 1. The van der Waals surface area contributed by atoms with Gasteiger partial charge in [-0.15, -0.1) is 11.8 Å². The summed E-state index contributed by atoms with van der Waals surface area (Å²) in [6.07, 6.45) is 1.64. The molecule has 1 heterocycles. The maximum atomic E-state index is 13.2. The molecule has 0 aliphatic carbocycles. The fraction of sp³-hybridized carbons (Fsp3) is 0.290. The molecule has 4 rings (SSSR count). The van der Waals surface area contributed by atoms with Crippen molar-refractivity contribution in [3.8, 4) is 0 Å². The molecule has 0 unspecified atom stereocenters. The summed E-state index contributed by atoms with van der Waals surface area (Å²) < 4.78 is 4.86. The van der Waals surface area contributed by atoms with Crippen LogP contribution in [0.25, 0.3) is 0 Å². The van der Waals surface area contributed by atoms with Gasteiger partial charge in [-0.05, 0) is 37.2 Å². The van der Waals surface area contributed by atoms with Gasteiger partial charge in [0.05, 0.1) is 17.3 Å². The number of likely N-dealkylation sites (tertiary alicyclic amines) is 1. The largest absolute Gasteiger partial charge is 0.445 e. The molecule has 192 valence electrons. The topological polar surface area (TPSA) is 49.9 Å². The number of carbonyl (C=O) groups is 2. The van der Waals surface area contributed by atoms with E-state index in [9.17, 15) is 9.59 Å². The van der Waals surface area contributed by atoms with Crippen molar-refractivity contribution in [2.45, 2.75) is 22.5 Å². The van der Waals surface area contributed by atoms with Gasteiger partial charge in [0.25, 0.3) is 0 Å². The molecule has 0 saturated carbocycles. The van der Waals surface area contributed by atoms with Crippen LogP contribution < -0.4 is 0 Å². The van der Waals surface area contributed by atoms with Gasteiger partial charge in [-0.2, -0.15) is 0 Å². The minimum absolute atomic E-state index is 0.00742. The van der Waals surface area contributed by atoms with Gasteiger partial charge in [-0.25, -0.2) is 4.79 Å². The van der Waals surface area contributed by atoms with Crippen LogP contribution in [0, 0.1) is 0 Å². The van der Waals surface area contributed by atoms with Gasteiger partial charge in [-0.3, -0.25) is 9.69 Å². The number of rotatable bonds is 10. The van der Waals surface area contributed by atoms with Gasteiger partial charge < -0.3 is 9.64 Å². The van der Waals surface area contributed by atoms with Crippen molar-refractivity contribution in [2.75, 3.05) is 33.8 Å². The number of thioether (sulfide) groups is 1. The van der Waals surface area contributed by atoms with Crippen LogP contribution in [0.2, 0.25) is 0 Å². The second kappa shape index (κ2) is 12.3. The third-order valence-corrected chi connectivity index (χ3v) is 8.29. The highest BCUT2D eigenvalue weighted by molar-refractivity contribution is 8.01. The normalized spacial score (nSPS) is 17.5. The van der Waals surface area contributed by atoms with Crippen molar-refractivity contribution in [3.05, 3.63) is 120 Å². The maximum absolute atomic E-state index is 13.2. The third-order valence-electron chi connectivity index (χ3n) is 6.55. The van der Waals surface area contributed by atoms with Gasteiger partial charge in [-0.1, -0.05) is 104 Å². The van der Waals surface area contributed by atoms with E-state index in [1.165, 1.54) is 0 Å². The fourth-order valence-corrected chi connectivity index (χ4v) is 6.82. The maximum Gasteiger partial charge on any atom is 0.410 e. The minimum atomic E-state index is -0.530. The molecule has 3 aromatic rings. The van der Waals surface area contributed by atoms with E-state index in [0.29, 0.717) is 13.0 Å². The molecule has 0 radical (unpaired) electrons. The van der Waals surface area contributed by atoms with Gasteiger partial charge in [0.1, 0.15) is 6.61 Å². The molecule has 0 bridgehead atoms. The highest BCUT2D eigenvalue weighted by Gasteiger charge is 2.46. The Bertz CT molecular complexity index is 1090. The molecule has 2 atom stereocenters. The van der Waals surface area contributed by atoms with E-state index in [2.05, 4.69) is 79.4 Å². The smallest absolute Gasteiger partial charge is 0.410 e. The minimum Gasteiger partial charge on any atom is -0.445 e. The van der Waals surface area contributed by atoms with Gasteiger partial charge in [0.15, 0.2) is 5.78 Å². The molecule has 0 spiro atoms. The predicted molar refractivity (Wildman–Crippen MR) is 151 cm³/mol. The summed E-state index contributed by atoms with van der Waals surface area (Å²) in [6, 6.07) is 30.9. The van der Waals surface area contributed by atoms with Crippen LogP contribution in [-0.4, -0.2) is 66.8 Å². The summed E-state index contributed by atoms with van der Waals surface area (Å²) in [6.45, 7) is 4.46. The molecule has 1 fully saturated rings. The number of benzene rings is 3. The molecule has 37 heavy (non-hydrogen) atoms. The monoisotopic (exact) mass is 514 g/mol. The first-order chi connectivity index (χ1) is 18.0. The first kappa shape index (κ1) is 26.7. The van der Waals surface area contributed by atoms with E-state index in [0.717, 1.165) is 16.7 Å². The van der Waals surface area contributed by atoms with E-state index in [1.54, 1.807) is 11.0 Å². The zero-order chi connectivity index (χ0) is 26.3. The Morgan fingerprint density at radius 3 is 1.86 bits per heavy atom. The zero-order valence-corrected chi connectivity index (χ0v) is 22.3. The van der Waals surface area contributed by atoms with Crippen LogP contribution in [-0.2, 0) is 14.3 Å². The number of carbonyl (C=O) groups excluding carboxylic acids is 2. The van der Waals surface area contributed by atoms with E-state index >= 15 is 0 Å². The van der Waals surface area contributed by atoms with Gasteiger partial charge >= 0.3 is 6.09 Å². The van der Waals surface area contributed by atoms with Crippen LogP contribution in [0.3, 0.4) is 0 Å². The van der Waals surface area contributed by atoms with E-state index < -0.39 is 16.9 Å². The van der Waals surface area contributed by atoms with Gasteiger partial charge in [0, 0.05) is 11.8 Å². The van der Waals surface area contributed by atoms with E-state index in [-0.39, 0.29) is 24.2 Å². The summed E-state index contributed by atoms with van der Waals surface area (Å²) in [7, 11) is 3.73. The molecule has 1 aliphatic rings.